The van der Waals surface area contributed by atoms with Gasteiger partial charge in [0.2, 0.25) is 0 Å². The SMILES string of the molecule is Cc1nc(C2CCN(C(=O)c3cnc[nH]3)CCN2C(=O)c2cccnc2)n[nH]1. The van der Waals surface area contributed by atoms with E-state index in [1.165, 1.54) is 12.5 Å². The van der Waals surface area contributed by atoms with Crippen molar-refractivity contribution in [1.82, 2.24) is 39.9 Å². The summed E-state index contributed by atoms with van der Waals surface area (Å²) in [4.78, 5) is 44.5. The Morgan fingerprint density at radius 1 is 1.14 bits per heavy atom. The van der Waals surface area contributed by atoms with Crippen molar-refractivity contribution in [1.29, 1.82) is 0 Å². The second-order valence-corrected chi connectivity index (χ2v) is 6.58. The first-order valence-electron chi connectivity index (χ1n) is 9.01. The van der Waals surface area contributed by atoms with Crippen molar-refractivity contribution in [2.24, 2.45) is 0 Å². The summed E-state index contributed by atoms with van der Waals surface area (Å²) in [6.07, 6.45) is 6.68. The van der Waals surface area contributed by atoms with E-state index in [-0.39, 0.29) is 17.9 Å². The molecule has 0 saturated carbocycles. The summed E-state index contributed by atoms with van der Waals surface area (Å²) >= 11 is 0. The van der Waals surface area contributed by atoms with Crippen molar-refractivity contribution in [3.05, 3.63) is 60.0 Å². The van der Waals surface area contributed by atoms with Gasteiger partial charge in [0.15, 0.2) is 5.82 Å². The molecule has 1 aliphatic rings. The van der Waals surface area contributed by atoms with Crippen LogP contribution in [0, 0.1) is 6.92 Å². The Balaban J connectivity index is 1.62. The molecule has 1 unspecified atom stereocenters. The maximum atomic E-state index is 13.1. The zero-order chi connectivity index (χ0) is 19.5. The number of imidazole rings is 1. The highest BCUT2D eigenvalue weighted by atomic mass is 16.2. The van der Waals surface area contributed by atoms with Crippen LogP contribution in [0.1, 0.15) is 45.0 Å². The zero-order valence-electron chi connectivity index (χ0n) is 15.4. The monoisotopic (exact) mass is 380 g/mol. The van der Waals surface area contributed by atoms with Crippen LogP contribution in [0.3, 0.4) is 0 Å². The van der Waals surface area contributed by atoms with Gasteiger partial charge in [-0.25, -0.2) is 9.97 Å². The Morgan fingerprint density at radius 2 is 2.04 bits per heavy atom. The summed E-state index contributed by atoms with van der Waals surface area (Å²) < 4.78 is 0. The van der Waals surface area contributed by atoms with Crippen LogP contribution in [0.15, 0.2) is 37.1 Å². The van der Waals surface area contributed by atoms with E-state index in [9.17, 15) is 9.59 Å². The summed E-state index contributed by atoms with van der Waals surface area (Å²) in [5.74, 6) is 0.929. The third kappa shape index (κ3) is 3.48. The lowest BCUT2D eigenvalue weighted by Gasteiger charge is -2.27. The van der Waals surface area contributed by atoms with E-state index in [1.54, 1.807) is 34.3 Å². The van der Waals surface area contributed by atoms with Crippen molar-refractivity contribution >= 4 is 11.8 Å². The number of nitrogens with zero attached hydrogens (tertiary/aromatic N) is 6. The minimum absolute atomic E-state index is 0.141. The van der Waals surface area contributed by atoms with Crippen LogP contribution in [0.25, 0.3) is 0 Å². The maximum Gasteiger partial charge on any atom is 0.271 e. The quantitative estimate of drug-likeness (QED) is 0.697. The molecule has 10 heteroatoms. The van der Waals surface area contributed by atoms with Gasteiger partial charge in [0.05, 0.1) is 24.1 Å². The molecule has 2 amide bonds. The Bertz CT molecular complexity index is 953. The number of hydrogen-bond donors (Lipinski definition) is 2. The van der Waals surface area contributed by atoms with E-state index in [0.717, 1.165) is 0 Å². The van der Waals surface area contributed by atoms with Gasteiger partial charge in [0.25, 0.3) is 11.8 Å². The third-order valence-corrected chi connectivity index (χ3v) is 4.76. The van der Waals surface area contributed by atoms with Gasteiger partial charge >= 0.3 is 0 Å². The first-order chi connectivity index (χ1) is 13.6. The highest BCUT2D eigenvalue weighted by molar-refractivity contribution is 5.94. The predicted molar refractivity (Wildman–Crippen MR) is 98.2 cm³/mol. The number of aromatic amines is 2. The Morgan fingerprint density at radius 3 is 2.71 bits per heavy atom. The van der Waals surface area contributed by atoms with E-state index in [0.29, 0.717) is 49.0 Å². The summed E-state index contributed by atoms with van der Waals surface area (Å²) in [6, 6.07) is 3.12. The summed E-state index contributed by atoms with van der Waals surface area (Å²) in [5, 5.41) is 7.10. The standard InChI is InChI=1S/C18H20N8O2/c1-12-22-16(24-23-12)15-4-6-25(18(28)14-10-20-11-21-14)7-8-26(15)17(27)13-3-2-5-19-9-13/h2-3,5,9-11,15H,4,6-8H2,1H3,(H,20,21)(H,22,23,24). The van der Waals surface area contributed by atoms with Gasteiger partial charge in [-0.05, 0) is 25.5 Å². The van der Waals surface area contributed by atoms with Gasteiger partial charge in [-0.15, -0.1) is 0 Å². The zero-order valence-corrected chi connectivity index (χ0v) is 15.4. The van der Waals surface area contributed by atoms with Crippen LogP contribution in [-0.4, -0.2) is 71.4 Å². The molecule has 0 spiro atoms. The van der Waals surface area contributed by atoms with E-state index in [2.05, 4.69) is 30.1 Å². The van der Waals surface area contributed by atoms with E-state index >= 15 is 0 Å². The highest BCUT2D eigenvalue weighted by Gasteiger charge is 2.33. The van der Waals surface area contributed by atoms with Crippen molar-refractivity contribution < 1.29 is 9.59 Å². The van der Waals surface area contributed by atoms with E-state index in [4.69, 9.17) is 0 Å². The molecule has 2 N–H and O–H groups in total. The summed E-state index contributed by atoms with van der Waals surface area (Å²) in [5.41, 5.74) is 0.922. The molecule has 0 aromatic carbocycles. The smallest absolute Gasteiger partial charge is 0.271 e. The number of aromatic nitrogens is 6. The fourth-order valence-corrected chi connectivity index (χ4v) is 3.35. The first kappa shape index (κ1) is 17.8. The lowest BCUT2D eigenvalue weighted by molar-refractivity contribution is 0.0663. The summed E-state index contributed by atoms with van der Waals surface area (Å²) in [6.45, 7) is 3.07. The molecular weight excluding hydrogens is 360 g/mol. The minimum Gasteiger partial charge on any atom is -0.341 e. The van der Waals surface area contributed by atoms with Crippen molar-refractivity contribution in [3.8, 4) is 0 Å². The molecule has 144 valence electrons. The van der Waals surface area contributed by atoms with Gasteiger partial charge < -0.3 is 14.8 Å². The number of amides is 2. The molecular formula is C18H20N8O2. The van der Waals surface area contributed by atoms with Crippen LogP contribution >= 0.6 is 0 Å². The molecule has 0 bridgehead atoms. The van der Waals surface area contributed by atoms with E-state index in [1.807, 2.05) is 6.92 Å². The van der Waals surface area contributed by atoms with Crippen molar-refractivity contribution in [3.63, 3.8) is 0 Å². The summed E-state index contributed by atoms with van der Waals surface area (Å²) in [7, 11) is 0. The second-order valence-electron chi connectivity index (χ2n) is 6.58. The molecule has 1 atom stereocenters. The van der Waals surface area contributed by atoms with Gasteiger partial charge in [0.1, 0.15) is 11.5 Å². The van der Waals surface area contributed by atoms with Gasteiger partial charge in [-0.3, -0.25) is 19.7 Å². The number of carbonyl (C=O) groups is 2. The number of hydrogen-bond acceptors (Lipinski definition) is 6. The van der Waals surface area contributed by atoms with Gasteiger partial charge in [-0.1, -0.05) is 0 Å². The molecule has 3 aromatic heterocycles. The van der Waals surface area contributed by atoms with E-state index < -0.39 is 0 Å². The predicted octanol–water partition coefficient (Wildman–Crippen LogP) is 0.961. The fraction of sp³-hybridized carbons (Fsp3) is 0.333. The topological polar surface area (TPSA) is 124 Å². The van der Waals surface area contributed by atoms with Crippen molar-refractivity contribution in [2.75, 3.05) is 19.6 Å². The molecule has 0 radical (unpaired) electrons. The third-order valence-electron chi connectivity index (χ3n) is 4.76. The molecule has 4 heterocycles. The van der Waals surface area contributed by atoms with Crippen LogP contribution < -0.4 is 0 Å². The Kier molecular flexibility index (Phi) is 4.83. The van der Waals surface area contributed by atoms with Crippen LogP contribution in [0.5, 0.6) is 0 Å². The van der Waals surface area contributed by atoms with Crippen LogP contribution in [0.2, 0.25) is 0 Å². The molecule has 1 aliphatic heterocycles. The van der Waals surface area contributed by atoms with Gasteiger partial charge in [0, 0.05) is 32.0 Å². The number of pyridine rings is 1. The largest absolute Gasteiger partial charge is 0.341 e. The fourth-order valence-electron chi connectivity index (χ4n) is 3.35. The number of rotatable bonds is 3. The number of carbonyl (C=O) groups excluding carboxylic acids is 2. The maximum absolute atomic E-state index is 13.1. The lowest BCUT2D eigenvalue weighted by Crippen LogP contribution is -2.38. The van der Waals surface area contributed by atoms with Crippen molar-refractivity contribution in [2.45, 2.75) is 19.4 Å². The molecule has 1 fully saturated rings. The highest BCUT2D eigenvalue weighted by Crippen LogP contribution is 2.26. The molecule has 4 rings (SSSR count). The van der Waals surface area contributed by atoms with Gasteiger partial charge in [-0.2, -0.15) is 5.10 Å². The average molecular weight is 380 g/mol. The number of aryl methyl sites for hydroxylation is 1. The Hall–Kier alpha value is -3.56. The molecule has 0 aliphatic carbocycles. The van der Waals surface area contributed by atoms with Crippen LogP contribution in [-0.2, 0) is 0 Å². The molecule has 1 saturated heterocycles. The normalized spacial score (nSPS) is 17.4. The number of H-pyrrole nitrogens is 2. The molecule has 3 aromatic rings. The average Bonchev–Trinajstić information content (AvgIpc) is 3.35. The Labute approximate surface area is 161 Å². The van der Waals surface area contributed by atoms with Crippen LogP contribution in [0.4, 0.5) is 0 Å². The number of nitrogens with one attached hydrogen (secondary N) is 2. The lowest BCUT2D eigenvalue weighted by atomic mass is 10.1. The second kappa shape index (κ2) is 7.59. The first-order valence-corrected chi connectivity index (χ1v) is 9.01. The minimum atomic E-state index is -0.336. The molecule has 28 heavy (non-hydrogen) atoms. The molecule has 10 nitrogen and oxygen atoms in total.